The van der Waals surface area contributed by atoms with Gasteiger partial charge in [-0.05, 0) is 67.6 Å². The maximum atomic E-state index is 14.1. The Bertz CT molecular complexity index is 1420. The lowest BCUT2D eigenvalue weighted by atomic mass is 9.88. The van der Waals surface area contributed by atoms with Crippen LogP contribution in [0.2, 0.25) is 0 Å². The maximum Gasteiger partial charge on any atom is 0.254 e. The van der Waals surface area contributed by atoms with Crippen LogP contribution in [0.25, 0.3) is 0 Å². The predicted molar refractivity (Wildman–Crippen MR) is 182 cm³/mol. The van der Waals surface area contributed by atoms with Gasteiger partial charge in [0, 0.05) is 55.9 Å². The van der Waals surface area contributed by atoms with Gasteiger partial charge in [-0.3, -0.25) is 9.69 Å². The number of hydrogen-bond acceptors (Lipinski definition) is 3. The first-order chi connectivity index (χ1) is 21.6. The van der Waals surface area contributed by atoms with E-state index in [4.69, 9.17) is 0 Å². The SMILES string of the molecule is Cc1ccc(CN(C(=O)c2cccc(N3CCN(CCC(c4ccccc4)c4ccccc4)CC3)c2)C2CCCCC2)cc1. The second kappa shape index (κ2) is 14.7. The van der Waals surface area contributed by atoms with Crippen molar-refractivity contribution in [1.29, 1.82) is 0 Å². The van der Waals surface area contributed by atoms with E-state index in [0.717, 1.165) is 57.5 Å². The number of rotatable bonds is 10. The molecule has 228 valence electrons. The molecule has 1 saturated carbocycles. The second-order valence-electron chi connectivity index (χ2n) is 12.8. The number of piperazine rings is 1. The van der Waals surface area contributed by atoms with Crippen molar-refractivity contribution in [3.05, 3.63) is 137 Å². The molecule has 0 atom stereocenters. The number of carbonyl (C=O) groups is 1. The van der Waals surface area contributed by atoms with Crippen LogP contribution in [-0.4, -0.2) is 54.5 Å². The van der Waals surface area contributed by atoms with Crippen molar-refractivity contribution in [2.45, 2.75) is 64.0 Å². The van der Waals surface area contributed by atoms with Gasteiger partial charge in [0.05, 0.1) is 0 Å². The summed E-state index contributed by atoms with van der Waals surface area (Å²) in [7, 11) is 0. The quantitative estimate of drug-likeness (QED) is 0.187. The molecule has 1 heterocycles. The largest absolute Gasteiger partial charge is 0.369 e. The second-order valence-corrected chi connectivity index (χ2v) is 12.8. The molecule has 4 aromatic carbocycles. The van der Waals surface area contributed by atoms with Crippen LogP contribution in [0.4, 0.5) is 5.69 Å². The monoisotopic (exact) mass is 585 g/mol. The van der Waals surface area contributed by atoms with Crippen LogP contribution in [0.1, 0.15) is 77.1 Å². The summed E-state index contributed by atoms with van der Waals surface area (Å²) in [6.45, 7) is 7.91. The van der Waals surface area contributed by atoms with Crippen LogP contribution in [0.3, 0.4) is 0 Å². The Balaban J connectivity index is 1.09. The minimum Gasteiger partial charge on any atom is -0.369 e. The first-order valence-corrected chi connectivity index (χ1v) is 16.7. The van der Waals surface area contributed by atoms with Crippen LogP contribution in [0, 0.1) is 6.92 Å². The van der Waals surface area contributed by atoms with E-state index >= 15 is 0 Å². The van der Waals surface area contributed by atoms with Gasteiger partial charge in [-0.15, -0.1) is 0 Å². The fourth-order valence-corrected chi connectivity index (χ4v) is 7.09. The smallest absolute Gasteiger partial charge is 0.254 e. The summed E-state index contributed by atoms with van der Waals surface area (Å²) in [5, 5.41) is 0. The van der Waals surface area contributed by atoms with E-state index in [2.05, 4.69) is 125 Å². The van der Waals surface area contributed by atoms with Crippen LogP contribution >= 0.6 is 0 Å². The molecule has 2 fully saturated rings. The van der Waals surface area contributed by atoms with E-state index in [9.17, 15) is 4.79 Å². The van der Waals surface area contributed by atoms with Crippen molar-refractivity contribution in [2.75, 3.05) is 37.6 Å². The van der Waals surface area contributed by atoms with Crippen molar-refractivity contribution in [2.24, 2.45) is 0 Å². The molecule has 2 aliphatic rings. The molecular weight excluding hydrogens is 538 g/mol. The van der Waals surface area contributed by atoms with Gasteiger partial charge in [0.15, 0.2) is 0 Å². The zero-order valence-corrected chi connectivity index (χ0v) is 26.3. The zero-order chi connectivity index (χ0) is 30.1. The molecule has 0 spiro atoms. The molecule has 1 amide bonds. The van der Waals surface area contributed by atoms with Gasteiger partial charge in [-0.2, -0.15) is 0 Å². The molecule has 4 aromatic rings. The lowest BCUT2D eigenvalue weighted by molar-refractivity contribution is 0.0614. The van der Waals surface area contributed by atoms with Crippen molar-refractivity contribution >= 4 is 11.6 Å². The molecule has 4 heteroatoms. The van der Waals surface area contributed by atoms with E-state index in [-0.39, 0.29) is 5.91 Å². The molecular formula is C40H47N3O. The van der Waals surface area contributed by atoms with Gasteiger partial charge in [-0.25, -0.2) is 0 Å². The van der Waals surface area contributed by atoms with Crippen LogP contribution in [-0.2, 0) is 6.54 Å². The molecule has 4 nitrogen and oxygen atoms in total. The zero-order valence-electron chi connectivity index (χ0n) is 26.3. The number of hydrogen-bond donors (Lipinski definition) is 0. The third kappa shape index (κ3) is 7.60. The number of anilines is 1. The standard InChI is InChI=1S/C40H47N3O/c1-32-20-22-33(23-21-32)31-43(37-17-9-4-10-18-37)40(44)36-16-11-19-38(30-36)42-28-26-41(27-29-42)25-24-39(34-12-5-2-6-13-34)35-14-7-3-8-15-35/h2-3,5-8,11-16,19-23,30,37,39H,4,9-10,17-18,24-29,31H2,1H3. The normalized spacial score (nSPS) is 16.3. The van der Waals surface area contributed by atoms with Gasteiger partial charge in [0.1, 0.15) is 0 Å². The van der Waals surface area contributed by atoms with E-state index in [1.807, 2.05) is 6.07 Å². The third-order valence-corrected chi connectivity index (χ3v) is 9.72. The molecule has 0 bridgehead atoms. The van der Waals surface area contributed by atoms with E-state index in [1.54, 1.807) is 0 Å². The van der Waals surface area contributed by atoms with E-state index in [1.165, 1.54) is 47.2 Å². The molecule has 0 aromatic heterocycles. The molecule has 0 unspecified atom stereocenters. The summed E-state index contributed by atoms with van der Waals surface area (Å²) in [6.07, 6.45) is 7.03. The Morgan fingerprint density at radius 3 is 2.02 bits per heavy atom. The van der Waals surface area contributed by atoms with Crippen LogP contribution < -0.4 is 4.90 Å². The van der Waals surface area contributed by atoms with Crippen molar-refractivity contribution < 1.29 is 4.79 Å². The average Bonchev–Trinajstić information content (AvgIpc) is 3.09. The molecule has 1 aliphatic heterocycles. The summed E-state index contributed by atoms with van der Waals surface area (Å²) >= 11 is 0. The van der Waals surface area contributed by atoms with Crippen LogP contribution in [0.5, 0.6) is 0 Å². The fraction of sp³-hybridized carbons (Fsp3) is 0.375. The molecule has 1 saturated heterocycles. The predicted octanol–water partition coefficient (Wildman–Crippen LogP) is 8.31. The number of amides is 1. The minimum absolute atomic E-state index is 0.172. The highest BCUT2D eigenvalue weighted by Crippen LogP contribution is 2.30. The minimum atomic E-state index is 0.172. The van der Waals surface area contributed by atoms with E-state index in [0.29, 0.717) is 18.5 Å². The Kier molecular flexibility index (Phi) is 10.1. The lowest BCUT2D eigenvalue weighted by Crippen LogP contribution is -2.47. The van der Waals surface area contributed by atoms with Gasteiger partial charge in [0.25, 0.3) is 5.91 Å². The number of carbonyl (C=O) groups excluding carboxylic acids is 1. The number of benzene rings is 4. The topological polar surface area (TPSA) is 26.8 Å². The molecule has 1 aliphatic carbocycles. The summed E-state index contributed by atoms with van der Waals surface area (Å²) in [5.41, 5.74) is 7.23. The Morgan fingerprint density at radius 2 is 1.39 bits per heavy atom. The molecule has 0 N–H and O–H groups in total. The Morgan fingerprint density at radius 1 is 0.750 bits per heavy atom. The Labute approximate surface area is 264 Å². The number of nitrogens with zero attached hydrogens (tertiary/aromatic N) is 3. The van der Waals surface area contributed by atoms with Gasteiger partial charge >= 0.3 is 0 Å². The summed E-state index contributed by atoms with van der Waals surface area (Å²) < 4.78 is 0. The van der Waals surface area contributed by atoms with Crippen molar-refractivity contribution in [1.82, 2.24) is 9.80 Å². The summed E-state index contributed by atoms with van der Waals surface area (Å²) in [5.74, 6) is 0.580. The number of aryl methyl sites for hydroxylation is 1. The van der Waals surface area contributed by atoms with Gasteiger partial charge in [0.2, 0.25) is 0 Å². The molecule has 44 heavy (non-hydrogen) atoms. The third-order valence-electron chi connectivity index (χ3n) is 9.72. The van der Waals surface area contributed by atoms with Crippen molar-refractivity contribution in [3.8, 4) is 0 Å². The first-order valence-electron chi connectivity index (χ1n) is 16.7. The summed E-state index contributed by atoms with van der Waals surface area (Å²) in [6, 6.07) is 39.3. The first kappa shape index (κ1) is 30.1. The van der Waals surface area contributed by atoms with Crippen LogP contribution in [0.15, 0.2) is 109 Å². The lowest BCUT2D eigenvalue weighted by Gasteiger charge is -2.37. The summed E-state index contributed by atoms with van der Waals surface area (Å²) in [4.78, 5) is 21.3. The van der Waals surface area contributed by atoms with Gasteiger partial charge < -0.3 is 9.80 Å². The van der Waals surface area contributed by atoms with Gasteiger partial charge in [-0.1, -0.05) is 116 Å². The average molecular weight is 586 g/mol. The highest BCUT2D eigenvalue weighted by molar-refractivity contribution is 5.95. The fourth-order valence-electron chi connectivity index (χ4n) is 7.09. The van der Waals surface area contributed by atoms with Crippen molar-refractivity contribution in [3.63, 3.8) is 0 Å². The Hall–Kier alpha value is -3.89. The maximum absolute atomic E-state index is 14.1. The highest BCUT2D eigenvalue weighted by Gasteiger charge is 2.27. The highest BCUT2D eigenvalue weighted by atomic mass is 16.2. The molecule has 0 radical (unpaired) electrons. The molecule has 6 rings (SSSR count). The van der Waals surface area contributed by atoms with E-state index < -0.39 is 0 Å².